The number of carbonyl (C=O) groups is 2. The summed E-state index contributed by atoms with van der Waals surface area (Å²) in [5, 5.41) is 3.50. The average molecular weight is 492 g/mol. The molecule has 0 amide bonds. The molecule has 2 N–H and O–H groups in total. The van der Waals surface area contributed by atoms with Crippen molar-refractivity contribution in [2.75, 3.05) is 25.6 Å². The maximum atomic E-state index is 14.1. The summed E-state index contributed by atoms with van der Waals surface area (Å²) in [5.41, 5.74) is 0.404. The quantitative estimate of drug-likeness (QED) is 0.300. The zero-order chi connectivity index (χ0) is 25.5. The Hall–Kier alpha value is -4.15. The molecule has 3 aromatic rings. The van der Waals surface area contributed by atoms with Crippen LogP contribution in [-0.4, -0.2) is 43.9 Å². The highest BCUT2D eigenvalue weighted by molar-refractivity contribution is 6.19. The lowest BCUT2D eigenvalue weighted by atomic mass is 9.99. The minimum Gasteiger partial charge on any atom is -0.493 e. The van der Waals surface area contributed by atoms with E-state index in [0.29, 0.717) is 16.6 Å². The first-order valence-electron chi connectivity index (χ1n) is 10.5. The number of aromatic nitrogens is 1. The Balaban J connectivity index is 2.19. The molecule has 0 atom stereocenters. The van der Waals surface area contributed by atoms with Gasteiger partial charge in [-0.1, -0.05) is 0 Å². The predicted octanol–water partition coefficient (Wildman–Crippen LogP) is 5.11. The molecule has 0 spiro atoms. The highest BCUT2D eigenvalue weighted by atomic mass is 19.3. The van der Waals surface area contributed by atoms with Gasteiger partial charge in [0.05, 0.1) is 42.7 Å². The summed E-state index contributed by atoms with van der Waals surface area (Å²) in [5.74, 6) is -2.85. The number of methoxy groups -OCH3 is 1. The van der Waals surface area contributed by atoms with Crippen LogP contribution in [-0.2, 0) is 14.3 Å². The van der Waals surface area contributed by atoms with Crippen LogP contribution in [0.1, 0.15) is 29.8 Å². The van der Waals surface area contributed by atoms with Gasteiger partial charge in [0.1, 0.15) is 5.82 Å². The summed E-state index contributed by atoms with van der Waals surface area (Å²) in [7, 11) is 1.21. The molecular weight excluding hydrogens is 469 g/mol. The van der Waals surface area contributed by atoms with Crippen molar-refractivity contribution in [1.82, 2.24) is 4.98 Å². The maximum Gasteiger partial charge on any atom is 0.387 e. The van der Waals surface area contributed by atoms with Gasteiger partial charge in [0.15, 0.2) is 11.5 Å². The lowest BCUT2D eigenvalue weighted by Crippen LogP contribution is -2.15. The Morgan fingerprint density at radius 1 is 1.06 bits per heavy atom. The first kappa shape index (κ1) is 25.5. The van der Waals surface area contributed by atoms with Crippen LogP contribution < -0.4 is 14.8 Å². The van der Waals surface area contributed by atoms with Crippen molar-refractivity contribution in [1.29, 1.82) is 0 Å². The number of carbonyl (C=O) groups excluding carboxylic acids is 2. The largest absolute Gasteiger partial charge is 0.493 e. The Kier molecular flexibility index (Phi) is 8.24. The summed E-state index contributed by atoms with van der Waals surface area (Å²) in [6, 6.07) is 6.42. The van der Waals surface area contributed by atoms with E-state index in [1.165, 1.54) is 31.5 Å². The molecule has 0 unspecified atom stereocenters. The van der Waals surface area contributed by atoms with Crippen molar-refractivity contribution >= 4 is 34.1 Å². The highest BCUT2D eigenvalue weighted by Gasteiger charge is 2.26. The number of alkyl halides is 2. The van der Waals surface area contributed by atoms with Crippen LogP contribution >= 0.6 is 0 Å². The Morgan fingerprint density at radius 2 is 1.77 bits per heavy atom. The summed E-state index contributed by atoms with van der Waals surface area (Å²) in [4.78, 5) is 28.5. The summed E-state index contributed by atoms with van der Waals surface area (Å²) < 4.78 is 59.7. The Morgan fingerprint density at radius 3 is 2.43 bits per heavy atom. The standard InChI is InChI=1S/C24H23F3N2O6/c1-4-33-22(30)16-11-21(35-24(26)27)20(32-3)10-15(16)17(23(31)34-5-2)12-29-19-9-13(25)8-18-14(19)6-7-28-18/h6-12,24,28-29H,4-5H2,1-3H3/b17-12-. The van der Waals surface area contributed by atoms with Crippen molar-refractivity contribution < 1.29 is 41.7 Å². The molecule has 3 rings (SSSR count). The molecular formula is C24H23F3N2O6. The number of hydrogen-bond donors (Lipinski definition) is 2. The number of halogens is 3. The molecule has 0 aliphatic rings. The van der Waals surface area contributed by atoms with E-state index in [0.717, 1.165) is 6.07 Å². The fourth-order valence-electron chi connectivity index (χ4n) is 3.36. The zero-order valence-corrected chi connectivity index (χ0v) is 19.1. The number of aromatic amines is 1. The molecule has 0 bridgehead atoms. The second kappa shape index (κ2) is 11.3. The van der Waals surface area contributed by atoms with Crippen molar-refractivity contribution in [2.45, 2.75) is 20.5 Å². The molecule has 186 valence electrons. The number of ether oxygens (including phenoxy) is 4. The van der Waals surface area contributed by atoms with Gasteiger partial charge in [-0.2, -0.15) is 8.78 Å². The van der Waals surface area contributed by atoms with Gasteiger partial charge in [0.2, 0.25) is 0 Å². The fraction of sp³-hybridized carbons (Fsp3) is 0.250. The van der Waals surface area contributed by atoms with E-state index in [-0.39, 0.29) is 35.7 Å². The molecule has 0 saturated heterocycles. The number of rotatable bonds is 10. The number of hydrogen-bond acceptors (Lipinski definition) is 7. The van der Waals surface area contributed by atoms with E-state index < -0.39 is 30.1 Å². The van der Waals surface area contributed by atoms with E-state index in [1.807, 2.05) is 0 Å². The second-order valence-corrected chi connectivity index (χ2v) is 6.96. The van der Waals surface area contributed by atoms with Crippen LogP contribution in [0.5, 0.6) is 11.5 Å². The van der Waals surface area contributed by atoms with Gasteiger partial charge in [-0.05, 0) is 44.2 Å². The summed E-state index contributed by atoms with van der Waals surface area (Å²) >= 11 is 0. The molecule has 1 heterocycles. The Bertz CT molecular complexity index is 1260. The predicted molar refractivity (Wildman–Crippen MR) is 122 cm³/mol. The van der Waals surface area contributed by atoms with E-state index in [9.17, 15) is 22.8 Å². The first-order chi connectivity index (χ1) is 16.8. The molecule has 2 aromatic carbocycles. The minimum atomic E-state index is -3.19. The third-order valence-corrected chi connectivity index (χ3v) is 4.81. The lowest BCUT2D eigenvalue weighted by Gasteiger charge is -2.17. The molecule has 11 heteroatoms. The van der Waals surface area contributed by atoms with Crippen molar-refractivity contribution in [3.05, 3.63) is 59.7 Å². The molecule has 0 radical (unpaired) electrons. The topological polar surface area (TPSA) is 98.9 Å². The van der Waals surface area contributed by atoms with Crippen molar-refractivity contribution in [3.63, 3.8) is 0 Å². The molecule has 1 aromatic heterocycles. The number of anilines is 1. The van der Waals surface area contributed by atoms with Gasteiger partial charge in [-0.25, -0.2) is 14.0 Å². The molecule has 0 fully saturated rings. The number of fused-ring (bicyclic) bond motifs is 1. The molecule has 0 saturated carbocycles. The molecule has 8 nitrogen and oxygen atoms in total. The minimum absolute atomic E-state index is 0.0106. The van der Waals surface area contributed by atoms with Crippen LogP contribution in [0.4, 0.5) is 18.9 Å². The van der Waals surface area contributed by atoms with Crippen LogP contribution in [0.25, 0.3) is 16.5 Å². The smallest absolute Gasteiger partial charge is 0.387 e. The van der Waals surface area contributed by atoms with Gasteiger partial charge in [-0.15, -0.1) is 0 Å². The SMILES string of the molecule is CCOC(=O)/C(=C\Nc1cc(F)cc2[nH]ccc12)c1cc(OC)c(OC(F)F)cc1C(=O)OCC. The number of benzene rings is 2. The van der Waals surface area contributed by atoms with Crippen LogP contribution in [0.15, 0.2) is 42.7 Å². The first-order valence-corrected chi connectivity index (χ1v) is 10.5. The molecule has 35 heavy (non-hydrogen) atoms. The Labute approximate surface area is 198 Å². The zero-order valence-electron chi connectivity index (χ0n) is 19.1. The molecule has 0 aliphatic heterocycles. The number of H-pyrrole nitrogens is 1. The highest BCUT2D eigenvalue weighted by Crippen LogP contribution is 2.36. The number of esters is 2. The van der Waals surface area contributed by atoms with Crippen molar-refractivity contribution in [3.8, 4) is 11.5 Å². The van der Waals surface area contributed by atoms with Gasteiger partial charge >= 0.3 is 18.6 Å². The van der Waals surface area contributed by atoms with E-state index in [4.69, 9.17) is 14.2 Å². The van der Waals surface area contributed by atoms with E-state index in [2.05, 4.69) is 15.0 Å². The third kappa shape index (κ3) is 5.86. The van der Waals surface area contributed by atoms with Gasteiger partial charge in [0.25, 0.3) is 0 Å². The van der Waals surface area contributed by atoms with E-state index >= 15 is 0 Å². The number of nitrogens with one attached hydrogen (secondary N) is 2. The second-order valence-electron chi connectivity index (χ2n) is 6.96. The summed E-state index contributed by atoms with van der Waals surface area (Å²) in [6.45, 7) is -0.0425. The van der Waals surface area contributed by atoms with Crippen LogP contribution in [0.3, 0.4) is 0 Å². The maximum absolute atomic E-state index is 14.1. The van der Waals surface area contributed by atoms with Gasteiger partial charge < -0.3 is 29.2 Å². The van der Waals surface area contributed by atoms with Crippen LogP contribution in [0.2, 0.25) is 0 Å². The van der Waals surface area contributed by atoms with Crippen molar-refractivity contribution in [2.24, 2.45) is 0 Å². The average Bonchev–Trinajstić information content (AvgIpc) is 3.28. The third-order valence-electron chi connectivity index (χ3n) is 4.81. The fourth-order valence-corrected chi connectivity index (χ4v) is 3.36. The van der Waals surface area contributed by atoms with E-state index in [1.54, 1.807) is 26.1 Å². The van der Waals surface area contributed by atoms with Crippen LogP contribution in [0, 0.1) is 5.82 Å². The summed E-state index contributed by atoms with van der Waals surface area (Å²) in [6.07, 6.45) is 2.85. The van der Waals surface area contributed by atoms with Gasteiger partial charge in [0, 0.05) is 23.3 Å². The monoisotopic (exact) mass is 492 g/mol. The normalized spacial score (nSPS) is 11.5. The molecule has 0 aliphatic carbocycles. The van der Waals surface area contributed by atoms with Gasteiger partial charge in [-0.3, -0.25) is 0 Å². The lowest BCUT2D eigenvalue weighted by molar-refractivity contribution is -0.136.